The topological polar surface area (TPSA) is 23.5 Å². The van der Waals surface area contributed by atoms with Crippen LogP contribution in [0.4, 0.5) is 0 Å². The third-order valence-electron chi connectivity index (χ3n) is 9.00. The van der Waals surface area contributed by atoms with Gasteiger partial charge < -0.3 is 9.30 Å². The van der Waals surface area contributed by atoms with Crippen LogP contribution < -0.4 is 4.74 Å². The standard InChI is InChI=1S/C40H31N3O/c1-40(2,3)26-20-22-34-33(24-26)32-17-10-16-30-31-18-11-19-36-39(31)43(42(34)38(30)32)35-23-21-29(44-28-14-8-5-9-15-28)25-37(35)41(36)27-12-6-4-7-13-27/h4-25H,1-3H3. The van der Waals surface area contributed by atoms with E-state index in [0.29, 0.717) is 0 Å². The van der Waals surface area contributed by atoms with Crippen molar-refractivity contribution in [3.05, 3.63) is 139 Å². The maximum absolute atomic E-state index is 6.39. The minimum absolute atomic E-state index is 0.0552. The van der Waals surface area contributed by atoms with Gasteiger partial charge in [0.1, 0.15) is 11.5 Å². The quantitative estimate of drug-likeness (QED) is 0.153. The van der Waals surface area contributed by atoms with Crippen LogP contribution in [0.2, 0.25) is 0 Å². The molecule has 212 valence electrons. The summed E-state index contributed by atoms with van der Waals surface area (Å²) in [5.74, 6) is 1.61. The largest absolute Gasteiger partial charge is 0.457 e. The lowest BCUT2D eigenvalue weighted by atomic mass is 9.86. The molecule has 0 saturated carbocycles. The molecule has 4 nitrogen and oxygen atoms in total. The molecule has 0 atom stereocenters. The molecule has 3 heterocycles. The van der Waals surface area contributed by atoms with Gasteiger partial charge >= 0.3 is 0 Å². The van der Waals surface area contributed by atoms with Crippen LogP contribution in [0.15, 0.2) is 133 Å². The number of hydrogen-bond donors (Lipinski definition) is 0. The SMILES string of the molecule is CC(C)(C)c1ccc2c(c1)c1cccc3c4cccc5c4-n(c4ccc(Oc6ccccc6)cc4n5-c4ccccc4)n2c31. The summed E-state index contributed by atoms with van der Waals surface area (Å²) in [7, 11) is 0. The van der Waals surface area contributed by atoms with Gasteiger partial charge in [-0.05, 0) is 65.6 Å². The van der Waals surface area contributed by atoms with Crippen molar-refractivity contribution in [1.29, 1.82) is 0 Å². The summed E-state index contributed by atoms with van der Waals surface area (Å²) in [5, 5.41) is 5.04. The highest BCUT2D eigenvalue weighted by atomic mass is 16.5. The number of para-hydroxylation sites is 4. The van der Waals surface area contributed by atoms with Gasteiger partial charge in [0.25, 0.3) is 0 Å². The van der Waals surface area contributed by atoms with E-state index in [-0.39, 0.29) is 5.41 Å². The Labute approximate surface area is 255 Å². The average Bonchev–Trinajstić information content (AvgIpc) is 3.38. The fourth-order valence-electron chi connectivity index (χ4n) is 6.95. The summed E-state index contributed by atoms with van der Waals surface area (Å²) in [6, 6.07) is 47.5. The van der Waals surface area contributed by atoms with Crippen molar-refractivity contribution in [2.24, 2.45) is 0 Å². The zero-order valence-corrected chi connectivity index (χ0v) is 25.0. The Kier molecular flexibility index (Phi) is 5.13. The first-order valence-corrected chi connectivity index (χ1v) is 15.2. The van der Waals surface area contributed by atoms with Gasteiger partial charge in [-0.25, -0.2) is 9.20 Å². The van der Waals surface area contributed by atoms with Crippen molar-refractivity contribution < 1.29 is 4.74 Å². The summed E-state index contributed by atoms with van der Waals surface area (Å²) in [6.07, 6.45) is 0. The van der Waals surface area contributed by atoms with Gasteiger partial charge in [-0.2, -0.15) is 0 Å². The van der Waals surface area contributed by atoms with Crippen LogP contribution in [0.3, 0.4) is 0 Å². The van der Waals surface area contributed by atoms with Crippen LogP contribution in [-0.4, -0.2) is 13.8 Å². The van der Waals surface area contributed by atoms with Gasteiger partial charge in [0, 0.05) is 33.3 Å². The smallest absolute Gasteiger partial charge is 0.129 e. The predicted octanol–water partition coefficient (Wildman–Crippen LogP) is 10.7. The van der Waals surface area contributed by atoms with Gasteiger partial charge in [0.05, 0.1) is 33.3 Å². The van der Waals surface area contributed by atoms with Crippen LogP contribution in [-0.2, 0) is 5.41 Å². The number of nitrogens with zero attached hydrogens (tertiary/aromatic N) is 3. The summed E-state index contributed by atoms with van der Waals surface area (Å²) >= 11 is 0. The zero-order valence-electron chi connectivity index (χ0n) is 25.0. The Morgan fingerprint density at radius 2 is 1.18 bits per heavy atom. The van der Waals surface area contributed by atoms with Crippen LogP contribution in [0, 0.1) is 0 Å². The molecule has 9 rings (SSSR count). The summed E-state index contributed by atoms with van der Waals surface area (Å²) in [6.45, 7) is 6.85. The highest BCUT2D eigenvalue weighted by Crippen LogP contribution is 2.43. The van der Waals surface area contributed by atoms with Crippen LogP contribution in [0.25, 0.3) is 60.5 Å². The maximum atomic E-state index is 6.39. The number of fused-ring (bicyclic) bond motifs is 7. The molecule has 2 aliphatic heterocycles. The van der Waals surface area contributed by atoms with Crippen molar-refractivity contribution in [1.82, 2.24) is 13.8 Å². The molecule has 0 bridgehead atoms. The molecule has 0 radical (unpaired) electrons. The van der Waals surface area contributed by atoms with E-state index in [2.05, 4.69) is 138 Å². The fraction of sp³-hybridized carbons (Fsp3) is 0.100. The van der Waals surface area contributed by atoms with Crippen molar-refractivity contribution in [2.75, 3.05) is 0 Å². The normalized spacial score (nSPS) is 12.4. The lowest BCUT2D eigenvalue weighted by molar-refractivity contribution is 0.483. The summed E-state index contributed by atoms with van der Waals surface area (Å²) in [4.78, 5) is 0. The molecular weight excluding hydrogens is 538 g/mol. The molecule has 0 aliphatic carbocycles. The Balaban J connectivity index is 1.50. The fourth-order valence-corrected chi connectivity index (χ4v) is 6.95. The second-order valence-corrected chi connectivity index (χ2v) is 12.7. The second-order valence-electron chi connectivity index (χ2n) is 12.7. The minimum atomic E-state index is 0.0552. The molecule has 7 aromatic rings. The van der Waals surface area contributed by atoms with Gasteiger partial charge in [0.2, 0.25) is 0 Å². The zero-order chi connectivity index (χ0) is 29.6. The molecule has 6 aromatic carbocycles. The van der Waals surface area contributed by atoms with Crippen LogP contribution in [0.1, 0.15) is 26.3 Å². The first-order valence-electron chi connectivity index (χ1n) is 15.2. The molecule has 0 spiro atoms. The lowest BCUT2D eigenvalue weighted by Gasteiger charge is -2.27. The molecule has 0 unspecified atom stereocenters. The van der Waals surface area contributed by atoms with E-state index < -0.39 is 0 Å². The third-order valence-corrected chi connectivity index (χ3v) is 9.00. The molecule has 0 saturated heterocycles. The molecule has 1 aromatic heterocycles. The highest BCUT2D eigenvalue weighted by molar-refractivity contribution is 6.20. The Morgan fingerprint density at radius 1 is 0.500 bits per heavy atom. The summed E-state index contributed by atoms with van der Waals surface area (Å²) < 4.78 is 13.6. The molecule has 0 fully saturated rings. The van der Waals surface area contributed by atoms with Crippen molar-refractivity contribution in [3.63, 3.8) is 0 Å². The monoisotopic (exact) mass is 569 g/mol. The van der Waals surface area contributed by atoms with Crippen LogP contribution in [0.5, 0.6) is 11.5 Å². The summed E-state index contributed by atoms with van der Waals surface area (Å²) in [5.41, 5.74) is 9.41. The van der Waals surface area contributed by atoms with E-state index >= 15 is 0 Å². The minimum Gasteiger partial charge on any atom is -0.457 e. The van der Waals surface area contributed by atoms with Crippen LogP contribution >= 0.6 is 0 Å². The van der Waals surface area contributed by atoms with E-state index in [1.54, 1.807) is 0 Å². The van der Waals surface area contributed by atoms with Crippen molar-refractivity contribution in [3.8, 4) is 22.9 Å². The number of aromatic nitrogens is 3. The highest BCUT2D eigenvalue weighted by Gasteiger charge is 2.25. The maximum Gasteiger partial charge on any atom is 0.129 e. The number of ether oxygens (including phenoxy) is 1. The van der Waals surface area contributed by atoms with E-state index in [1.165, 1.54) is 43.8 Å². The van der Waals surface area contributed by atoms with Gasteiger partial charge in [-0.3, -0.25) is 0 Å². The Hall–Kier alpha value is -5.48. The number of benzene rings is 6. The predicted molar refractivity (Wildman–Crippen MR) is 182 cm³/mol. The van der Waals surface area contributed by atoms with Crippen molar-refractivity contribution >= 4 is 49.1 Å². The van der Waals surface area contributed by atoms with E-state index in [4.69, 9.17) is 4.74 Å². The Bertz CT molecular complexity index is 2490. The third kappa shape index (κ3) is 3.51. The second kappa shape index (κ2) is 9.01. The van der Waals surface area contributed by atoms with Gasteiger partial charge in [0.15, 0.2) is 0 Å². The van der Waals surface area contributed by atoms with Gasteiger partial charge in [-0.1, -0.05) is 93.6 Å². The lowest BCUT2D eigenvalue weighted by Crippen LogP contribution is -2.16. The molecule has 2 aliphatic rings. The van der Waals surface area contributed by atoms with E-state index in [9.17, 15) is 0 Å². The van der Waals surface area contributed by atoms with Gasteiger partial charge in [-0.15, -0.1) is 0 Å². The molecule has 0 N–H and O–H groups in total. The molecule has 44 heavy (non-hydrogen) atoms. The van der Waals surface area contributed by atoms with E-state index in [1.807, 2.05) is 30.3 Å². The molecule has 0 amide bonds. The number of hydrogen-bond acceptors (Lipinski definition) is 1. The number of rotatable bonds is 3. The first-order chi connectivity index (χ1) is 21.5. The average molecular weight is 570 g/mol. The van der Waals surface area contributed by atoms with E-state index in [0.717, 1.165) is 33.7 Å². The Morgan fingerprint density at radius 3 is 1.95 bits per heavy atom. The first kappa shape index (κ1) is 25.1. The molecule has 4 heteroatoms. The van der Waals surface area contributed by atoms with Crippen molar-refractivity contribution in [2.45, 2.75) is 26.2 Å². The molecular formula is C40H31N3O.